The van der Waals surface area contributed by atoms with Gasteiger partial charge < -0.3 is 0 Å². The summed E-state index contributed by atoms with van der Waals surface area (Å²) in [6, 6.07) is 14.3. The molecule has 0 atom stereocenters. The molecule has 0 N–H and O–H groups in total. The lowest BCUT2D eigenvalue weighted by molar-refractivity contribution is -0.665. The molecule has 0 radical (unpaired) electrons. The molecule has 0 aliphatic heterocycles. The monoisotopic (exact) mass is 356 g/mol. The second-order valence-electron chi connectivity index (χ2n) is 9.33. The van der Waals surface area contributed by atoms with Crippen LogP contribution < -0.4 is 4.57 Å². The molecule has 0 unspecified atom stereocenters. The smallest absolute Gasteiger partial charge is 0.198 e. The molecule has 138 valence electrons. The molecule has 0 saturated heterocycles. The highest BCUT2D eigenvalue weighted by molar-refractivity contribution is 6.01. The van der Waals surface area contributed by atoms with E-state index in [4.69, 9.17) is 0 Å². The van der Waals surface area contributed by atoms with Crippen LogP contribution in [0.2, 0.25) is 0 Å². The Labute approximate surface area is 163 Å². The maximum absolute atomic E-state index is 2.56. The summed E-state index contributed by atoms with van der Waals surface area (Å²) in [5.41, 5.74) is 10.2. The number of nitrogens with zero attached hydrogens (tertiary/aromatic N) is 1. The first-order valence-electron chi connectivity index (χ1n) is 10.5. The summed E-state index contributed by atoms with van der Waals surface area (Å²) >= 11 is 0. The Kier molecular flexibility index (Phi) is 3.57. The molecule has 5 rings (SSSR count). The predicted octanol–water partition coefficient (Wildman–Crippen LogP) is 6.25. The second kappa shape index (κ2) is 5.67. The molecular formula is C26H30N+. The SMILES string of the molecule is Cc1cccc2c1-c1c3c(cc(C4CCCC4)cc3cc(C)[n+]1C)C2(C)C. The van der Waals surface area contributed by atoms with Crippen molar-refractivity contribution < 1.29 is 4.57 Å². The number of hydrogen-bond acceptors (Lipinski definition) is 0. The highest BCUT2D eigenvalue weighted by atomic mass is 14.9. The summed E-state index contributed by atoms with van der Waals surface area (Å²) in [7, 11) is 2.23. The third-order valence-corrected chi connectivity index (χ3v) is 7.34. The molecule has 27 heavy (non-hydrogen) atoms. The van der Waals surface area contributed by atoms with E-state index in [1.165, 1.54) is 70.1 Å². The fraction of sp³-hybridized carbons (Fsp3) is 0.423. The third kappa shape index (κ3) is 2.27. The van der Waals surface area contributed by atoms with Crippen LogP contribution in [0.15, 0.2) is 36.4 Å². The molecule has 0 spiro atoms. The average molecular weight is 357 g/mol. The molecule has 1 nitrogen and oxygen atoms in total. The van der Waals surface area contributed by atoms with Crippen molar-refractivity contribution in [3.05, 3.63) is 64.3 Å². The van der Waals surface area contributed by atoms with Crippen LogP contribution in [-0.2, 0) is 12.5 Å². The first-order chi connectivity index (χ1) is 12.9. The first-order valence-corrected chi connectivity index (χ1v) is 10.5. The summed E-state index contributed by atoms with van der Waals surface area (Å²) in [5.74, 6) is 0.748. The summed E-state index contributed by atoms with van der Waals surface area (Å²) in [6.45, 7) is 9.35. The lowest BCUT2D eigenvalue weighted by Gasteiger charge is -2.35. The number of pyridine rings is 1. The van der Waals surface area contributed by atoms with E-state index in [0.29, 0.717) is 0 Å². The second-order valence-corrected chi connectivity index (χ2v) is 9.33. The van der Waals surface area contributed by atoms with Gasteiger partial charge in [-0.2, -0.15) is 4.57 Å². The van der Waals surface area contributed by atoms with E-state index in [1.807, 2.05) is 0 Å². The molecule has 1 heteroatoms. The van der Waals surface area contributed by atoms with Crippen molar-refractivity contribution in [3.63, 3.8) is 0 Å². The van der Waals surface area contributed by atoms with Crippen molar-refractivity contribution in [1.82, 2.24) is 0 Å². The van der Waals surface area contributed by atoms with Gasteiger partial charge >= 0.3 is 0 Å². The Hall–Kier alpha value is -2.15. The van der Waals surface area contributed by atoms with E-state index in [9.17, 15) is 0 Å². The lowest BCUT2D eigenvalue weighted by Crippen LogP contribution is -2.38. The predicted molar refractivity (Wildman–Crippen MR) is 113 cm³/mol. The van der Waals surface area contributed by atoms with Gasteiger partial charge in [0.05, 0.1) is 10.9 Å². The van der Waals surface area contributed by atoms with E-state index < -0.39 is 0 Å². The fourth-order valence-corrected chi connectivity index (χ4v) is 5.66. The van der Waals surface area contributed by atoms with Crippen LogP contribution in [0.5, 0.6) is 0 Å². The zero-order valence-electron chi connectivity index (χ0n) is 17.3. The minimum atomic E-state index is 0.0312. The summed E-state index contributed by atoms with van der Waals surface area (Å²) in [4.78, 5) is 0. The molecule has 0 bridgehead atoms. The van der Waals surface area contributed by atoms with Crippen LogP contribution in [0.4, 0.5) is 0 Å². The summed E-state index contributed by atoms with van der Waals surface area (Å²) < 4.78 is 2.40. The van der Waals surface area contributed by atoms with Crippen molar-refractivity contribution in [1.29, 1.82) is 0 Å². The van der Waals surface area contributed by atoms with Crippen LogP contribution in [0.1, 0.15) is 73.4 Å². The van der Waals surface area contributed by atoms with Gasteiger partial charge in [0.25, 0.3) is 0 Å². The van der Waals surface area contributed by atoms with Crippen LogP contribution in [0, 0.1) is 13.8 Å². The molecule has 1 heterocycles. The zero-order chi connectivity index (χ0) is 18.9. The Morgan fingerprint density at radius 3 is 2.44 bits per heavy atom. The Morgan fingerprint density at radius 1 is 0.963 bits per heavy atom. The maximum atomic E-state index is 2.56. The van der Waals surface area contributed by atoms with E-state index in [0.717, 1.165) is 5.92 Å². The number of aromatic nitrogens is 1. The maximum Gasteiger partial charge on any atom is 0.221 e. The van der Waals surface area contributed by atoms with Crippen LogP contribution >= 0.6 is 0 Å². The molecule has 2 aliphatic rings. The zero-order valence-corrected chi connectivity index (χ0v) is 17.3. The van der Waals surface area contributed by atoms with Crippen molar-refractivity contribution in [2.75, 3.05) is 0 Å². The minimum Gasteiger partial charge on any atom is -0.198 e. The van der Waals surface area contributed by atoms with Crippen molar-refractivity contribution >= 4 is 10.8 Å². The van der Waals surface area contributed by atoms with Gasteiger partial charge in [-0.05, 0) is 53.3 Å². The third-order valence-electron chi connectivity index (χ3n) is 7.34. The Balaban J connectivity index is 1.95. The Bertz CT molecular complexity index is 1080. The van der Waals surface area contributed by atoms with E-state index in [1.54, 1.807) is 5.56 Å². The molecule has 3 aromatic rings. The number of benzene rings is 2. The quantitative estimate of drug-likeness (QED) is 0.454. The minimum absolute atomic E-state index is 0.0312. The van der Waals surface area contributed by atoms with Gasteiger partial charge in [-0.25, -0.2) is 0 Å². The van der Waals surface area contributed by atoms with Gasteiger partial charge in [-0.3, -0.25) is 0 Å². The van der Waals surface area contributed by atoms with Crippen LogP contribution in [0.3, 0.4) is 0 Å². The molecule has 2 aromatic carbocycles. The van der Waals surface area contributed by atoms with Crippen molar-refractivity contribution in [2.24, 2.45) is 7.05 Å². The average Bonchev–Trinajstić information content (AvgIpc) is 3.16. The van der Waals surface area contributed by atoms with Gasteiger partial charge in [0.2, 0.25) is 5.69 Å². The topological polar surface area (TPSA) is 3.88 Å². The van der Waals surface area contributed by atoms with Gasteiger partial charge in [-0.15, -0.1) is 0 Å². The fourth-order valence-electron chi connectivity index (χ4n) is 5.66. The van der Waals surface area contributed by atoms with Crippen LogP contribution in [-0.4, -0.2) is 0 Å². The molecule has 1 fully saturated rings. The van der Waals surface area contributed by atoms with Gasteiger partial charge in [0.15, 0.2) is 5.69 Å². The molecule has 1 saturated carbocycles. The Morgan fingerprint density at radius 2 is 1.70 bits per heavy atom. The standard InChI is InChI=1S/C26H30N/c1-16-9-8-12-21-23(16)25-24-20(13-17(2)27(25)5)14-19(18-10-6-7-11-18)15-22(24)26(21,3)4/h8-9,12-15,18H,6-7,10-11H2,1-5H3/q+1. The first kappa shape index (κ1) is 17.0. The molecule has 0 amide bonds. The highest BCUT2D eigenvalue weighted by Crippen LogP contribution is 2.50. The number of hydrogen-bond donors (Lipinski definition) is 0. The van der Waals surface area contributed by atoms with Crippen LogP contribution in [0.25, 0.3) is 22.0 Å². The largest absolute Gasteiger partial charge is 0.221 e. The van der Waals surface area contributed by atoms with E-state index >= 15 is 0 Å². The highest BCUT2D eigenvalue weighted by Gasteiger charge is 2.39. The van der Waals surface area contributed by atoms with Crippen molar-refractivity contribution in [2.45, 2.75) is 64.7 Å². The van der Waals surface area contributed by atoms with Gasteiger partial charge in [0.1, 0.15) is 7.05 Å². The normalized spacial score (nSPS) is 18.1. The van der Waals surface area contributed by atoms with E-state index in [2.05, 4.69) is 75.7 Å². The van der Waals surface area contributed by atoms with Crippen molar-refractivity contribution in [3.8, 4) is 11.3 Å². The van der Waals surface area contributed by atoms with Gasteiger partial charge in [-0.1, -0.05) is 57.0 Å². The lowest BCUT2D eigenvalue weighted by atomic mass is 9.68. The number of rotatable bonds is 1. The molecular weight excluding hydrogens is 326 g/mol. The molecule has 1 aromatic heterocycles. The van der Waals surface area contributed by atoms with E-state index in [-0.39, 0.29) is 5.41 Å². The number of fused-ring (bicyclic) bond motifs is 2. The summed E-state index contributed by atoms with van der Waals surface area (Å²) in [5, 5.41) is 2.90. The summed E-state index contributed by atoms with van der Waals surface area (Å²) in [6.07, 6.45) is 5.48. The number of aryl methyl sites for hydroxylation is 2. The van der Waals surface area contributed by atoms with Gasteiger partial charge in [0, 0.05) is 18.4 Å². The molecule has 2 aliphatic carbocycles.